The Bertz CT molecular complexity index is 681. The smallest absolute Gasteiger partial charge is 0.420 e. The van der Waals surface area contributed by atoms with E-state index in [4.69, 9.17) is 5.11 Å². The molecule has 0 saturated carbocycles. The lowest BCUT2D eigenvalue weighted by Gasteiger charge is -2.11. The van der Waals surface area contributed by atoms with E-state index >= 15 is 0 Å². The fourth-order valence-electron chi connectivity index (χ4n) is 1.47. The van der Waals surface area contributed by atoms with Gasteiger partial charge in [0.05, 0.1) is 10.0 Å². The second kappa shape index (κ2) is 4.82. The minimum absolute atomic E-state index is 0.0676. The summed E-state index contributed by atoms with van der Waals surface area (Å²) in [5.41, 5.74) is -1.77. The minimum Gasteiger partial charge on any atom is -0.506 e. The quantitative estimate of drug-likeness (QED) is 0.864. The van der Waals surface area contributed by atoms with Crippen LogP contribution in [0, 0.1) is 0 Å². The highest BCUT2D eigenvalue weighted by Crippen LogP contribution is 2.42. The number of carboxylic acid groups (broad SMARTS) is 1. The molecule has 0 radical (unpaired) electrons. The number of hydrogen-bond donors (Lipinski definition) is 2. The van der Waals surface area contributed by atoms with Crippen LogP contribution in [0.4, 0.5) is 13.2 Å². The number of hydrogen-bond acceptors (Lipinski definition) is 4. The van der Waals surface area contributed by atoms with E-state index in [1.165, 1.54) is 0 Å². The first-order valence-corrected chi connectivity index (χ1v) is 5.79. The number of aromatic nitrogens is 1. The highest BCUT2D eigenvalue weighted by molar-refractivity contribution is 9.10. The number of alkyl halides is 3. The molecule has 0 aliphatic rings. The van der Waals surface area contributed by atoms with E-state index in [0.717, 1.165) is 12.1 Å². The molecule has 0 unspecified atom stereocenters. The van der Waals surface area contributed by atoms with Crippen LogP contribution in [0.25, 0.3) is 11.3 Å². The van der Waals surface area contributed by atoms with Crippen molar-refractivity contribution in [2.45, 2.75) is 6.18 Å². The van der Waals surface area contributed by atoms with E-state index < -0.39 is 29.2 Å². The maximum Gasteiger partial charge on any atom is 0.420 e. The Morgan fingerprint density at radius 1 is 1.30 bits per heavy atom. The Hall–Kier alpha value is -2.03. The van der Waals surface area contributed by atoms with Crippen molar-refractivity contribution >= 4 is 21.9 Å². The van der Waals surface area contributed by atoms with Gasteiger partial charge in [0.2, 0.25) is 0 Å². The zero-order chi connectivity index (χ0) is 15.1. The molecule has 0 aliphatic heterocycles. The van der Waals surface area contributed by atoms with E-state index in [1.807, 2.05) is 0 Å². The van der Waals surface area contributed by atoms with Gasteiger partial charge in [0.1, 0.15) is 5.75 Å². The van der Waals surface area contributed by atoms with Crippen LogP contribution in [0.2, 0.25) is 0 Å². The van der Waals surface area contributed by atoms with Gasteiger partial charge in [-0.15, -0.1) is 0 Å². The monoisotopic (exact) mass is 351 g/mol. The van der Waals surface area contributed by atoms with Gasteiger partial charge in [0, 0.05) is 11.6 Å². The highest BCUT2D eigenvalue weighted by atomic mass is 79.9. The number of phenols is 1. The van der Waals surface area contributed by atoms with Crippen molar-refractivity contribution in [1.29, 1.82) is 0 Å². The lowest BCUT2D eigenvalue weighted by Crippen LogP contribution is -2.05. The van der Waals surface area contributed by atoms with Gasteiger partial charge >= 0.3 is 12.1 Å². The summed E-state index contributed by atoms with van der Waals surface area (Å²) < 4.78 is 42.7. The van der Waals surface area contributed by atoms with Crippen molar-refractivity contribution in [3.63, 3.8) is 0 Å². The standard InChI is InChI=1S/C11H5BrF3NO4/c12-6-2-4(1-5(9(6)17)11(13,14)15)8-3-7(10(18)19)16-20-8/h1-3,17H,(H,18,19). The second-order valence-electron chi connectivity index (χ2n) is 3.73. The van der Waals surface area contributed by atoms with Gasteiger partial charge in [-0.3, -0.25) is 0 Å². The maximum atomic E-state index is 12.7. The molecule has 2 N–H and O–H groups in total. The first-order valence-electron chi connectivity index (χ1n) is 5.00. The number of carbonyl (C=O) groups is 1. The molecule has 0 atom stereocenters. The van der Waals surface area contributed by atoms with Gasteiger partial charge < -0.3 is 14.7 Å². The van der Waals surface area contributed by atoms with Crippen molar-refractivity contribution in [2.24, 2.45) is 0 Å². The summed E-state index contributed by atoms with van der Waals surface area (Å²) in [6, 6.07) is 2.80. The number of rotatable bonds is 2. The third kappa shape index (κ3) is 2.62. The zero-order valence-corrected chi connectivity index (χ0v) is 11.0. The van der Waals surface area contributed by atoms with Crippen LogP contribution in [0.1, 0.15) is 16.1 Å². The molecule has 2 rings (SSSR count). The Morgan fingerprint density at radius 3 is 2.45 bits per heavy atom. The van der Waals surface area contributed by atoms with Gasteiger partial charge in [0.15, 0.2) is 11.5 Å². The van der Waals surface area contributed by atoms with Crippen LogP contribution in [-0.4, -0.2) is 21.3 Å². The summed E-state index contributed by atoms with van der Waals surface area (Å²) in [5, 5.41) is 21.3. The molecular formula is C11H5BrF3NO4. The summed E-state index contributed by atoms with van der Waals surface area (Å²) in [6.45, 7) is 0. The molecule has 0 saturated heterocycles. The van der Waals surface area contributed by atoms with Crippen LogP contribution < -0.4 is 0 Å². The average Bonchev–Trinajstić information content (AvgIpc) is 2.80. The van der Waals surface area contributed by atoms with Gasteiger partial charge in [-0.05, 0) is 28.1 Å². The topological polar surface area (TPSA) is 83.6 Å². The number of phenolic OH excluding ortho intramolecular Hbond substituents is 1. The molecule has 9 heteroatoms. The van der Waals surface area contributed by atoms with Crippen LogP contribution >= 0.6 is 15.9 Å². The Kier molecular flexibility index (Phi) is 3.46. The van der Waals surface area contributed by atoms with Crippen molar-refractivity contribution in [2.75, 3.05) is 0 Å². The first-order chi connectivity index (χ1) is 9.20. The summed E-state index contributed by atoms with van der Waals surface area (Å²) in [7, 11) is 0. The molecule has 20 heavy (non-hydrogen) atoms. The van der Waals surface area contributed by atoms with Gasteiger partial charge in [0.25, 0.3) is 0 Å². The van der Waals surface area contributed by atoms with E-state index in [2.05, 4.69) is 25.6 Å². The lowest BCUT2D eigenvalue weighted by atomic mass is 10.1. The molecule has 1 aromatic carbocycles. The van der Waals surface area contributed by atoms with Crippen molar-refractivity contribution < 1.29 is 32.7 Å². The highest BCUT2D eigenvalue weighted by Gasteiger charge is 2.35. The molecule has 5 nitrogen and oxygen atoms in total. The number of aromatic hydroxyl groups is 1. The first kappa shape index (κ1) is 14.4. The van der Waals surface area contributed by atoms with Gasteiger partial charge in [-0.25, -0.2) is 4.79 Å². The summed E-state index contributed by atoms with van der Waals surface area (Å²) in [6.07, 6.45) is -4.77. The number of aromatic carboxylic acids is 1. The number of benzene rings is 1. The molecule has 0 amide bonds. The average molecular weight is 352 g/mol. The third-order valence-electron chi connectivity index (χ3n) is 2.38. The molecule has 0 fully saturated rings. The molecule has 106 valence electrons. The van der Waals surface area contributed by atoms with Crippen LogP contribution in [-0.2, 0) is 6.18 Å². The molecular weight excluding hydrogens is 347 g/mol. The Balaban J connectivity index is 2.57. The fraction of sp³-hybridized carbons (Fsp3) is 0.0909. The van der Waals surface area contributed by atoms with Crippen LogP contribution in [0.3, 0.4) is 0 Å². The zero-order valence-electron chi connectivity index (χ0n) is 9.40. The van der Waals surface area contributed by atoms with E-state index in [9.17, 15) is 23.1 Å². The normalized spacial score (nSPS) is 11.6. The summed E-state index contributed by atoms with van der Waals surface area (Å²) in [5.74, 6) is -2.48. The Labute approximate surface area is 117 Å². The second-order valence-corrected chi connectivity index (χ2v) is 4.59. The predicted molar refractivity (Wildman–Crippen MR) is 63.3 cm³/mol. The summed E-state index contributed by atoms with van der Waals surface area (Å²) in [4.78, 5) is 10.6. The lowest BCUT2D eigenvalue weighted by molar-refractivity contribution is -0.138. The maximum absolute atomic E-state index is 12.7. The molecule has 1 aromatic heterocycles. The van der Waals surface area contributed by atoms with E-state index in [1.54, 1.807) is 0 Å². The number of carboxylic acids is 1. The van der Waals surface area contributed by atoms with E-state index in [-0.39, 0.29) is 15.8 Å². The molecule has 0 spiro atoms. The predicted octanol–water partition coefficient (Wildman–Crippen LogP) is 3.53. The largest absolute Gasteiger partial charge is 0.506 e. The minimum atomic E-state index is -4.77. The molecule has 1 heterocycles. The summed E-state index contributed by atoms with van der Waals surface area (Å²) >= 11 is 2.79. The SMILES string of the molecule is O=C(O)c1cc(-c2cc(Br)c(O)c(C(F)(F)F)c2)on1. The van der Waals surface area contributed by atoms with E-state index in [0.29, 0.717) is 6.07 Å². The van der Waals surface area contributed by atoms with Crippen molar-refractivity contribution in [3.05, 3.63) is 33.9 Å². The molecule has 0 aliphatic carbocycles. The fourth-order valence-corrected chi connectivity index (χ4v) is 1.93. The van der Waals surface area contributed by atoms with Crippen LogP contribution in [0.15, 0.2) is 27.2 Å². The molecule has 2 aromatic rings. The number of halogens is 4. The van der Waals surface area contributed by atoms with Crippen molar-refractivity contribution in [1.82, 2.24) is 5.16 Å². The van der Waals surface area contributed by atoms with Crippen molar-refractivity contribution in [3.8, 4) is 17.1 Å². The van der Waals surface area contributed by atoms with Crippen LogP contribution in [0.5, 0.6) is 5.75 Å². The number of nitrogens with zero attached hydrogens (tertiary/aromatic N) is 1. The molecule has 0 bridgehead atoms. The van der Waals surface area contributed by atoms with Gasteiger partial charge in [-0.1, -0.05) is 5.16 Å². The third-order valence-corrected chi connectivity index (χ3v) is 2.99. The Morgan fingerprint density at radius 2 is 1.95 bits per heavy atom. The van der Waals surface area contributed by atoms with Gasteiger partial charge in [-0.2, -0.15) is 13.2 Å².